The van der Waals surface area contributed by atoms with E-state index in [1.54, 1.807) is 0 Å². The van der Waals surface area contributed by atoms with Crippen LogP contribution in [0.15, 0.2) is 30.3 Å². The Morgan fingerprint density at radius 1 is 1.25 bits per heavy atom. The molecule has 3 rings (SSSR count). The minimum absolute atomic E-state index is 0.0176. The van der Waals surface area contributed by atoms with E-state index in [0.29, 0.717) is 0 Å². The maximum atomic E-state index is 12.3. The molecule has 0 aliphatic carbocycles. The van der Waals surface area contributed by atoms with Gasteiger partial charge in [-0.05, 0) is 38.8 Å². The number of aliphatic hydroxyl groups is 2. The van der Waals surface area contributed by atoms with Crippen LogP contribution >= 0.6 is 0 Å². The third-order valence-electron chi connectivity index (χ3n) is 5.90. The fourth-order valence-electron chi connectivity index (χ4n) is 4.00. The molecule has 5 atom stereocenters. The molecule has 1 aromatic carbocycles. The van der Waals surface area contributed by atoms with Crippen LogP contribution in [0.2, 0.25) is 0 Å². The Hall–Kier alpha value is -1.96. The van der Waals surface area contributed by atoms with Gasteiger partial charge in [-0.15, -0.1) is 0 Å². The highest BCUT2D eigenvalue weighted by Gasteiger charge is 2.47. The van der Waals surface area contributed by atoms with E-state index in [9.17, 15) is 19.8 Å². The molecule has 2 saturated heterocycles. The average Bonchev–Trinajstić information content (AvgIpc) is 3.23. The molecule has 2 heterocycles. The number of fused-ring (bicyclic) bond motifs is 1. The summed E-state index contributed by atoms with van der Waals surface area (Å²) in [6, 6.07) is 9.50. The summed E-state index contributed by atoms with van der Waals surface area (Å²) in [4.78, 5) is 26.7. The minimum Gasteiger partial charge on any atom is -0.463 e. The van der Waals surface area contributed by atoms with Gasteiger partial charge in [0.15, 0.2) is 5.60 Å². The fraction of sp³-hybridized carbons (Fsp3) is 0.619. The van der Waals surface area contributed by atoms with Crippen molar-refractivity contribution in [3.05, 3.63) is 35.9 Å². The summed E-state index contributed by atoms with van der Waals surface area (Å²) in [7, 11) is 0. The number of hydrogen-bond donors (Lipinski definition) is 2. The Morgan fingerprint density at radius 2 is 1.93 bits per heavy atom. The lowest BCUT2D eigenvalue weighted by atomic mass is 9.96. The largest absolute Gasteiger partial charge is 0.463 e. The van der Waals surface area contributed by atoms with Crippen molar-refractivity contribution >= 4 is 11.9 Å². The third-order valence-corrected chi connectivity index (χ3v) is 5.90. The van der Waals surface area contributed by atoms with Gasteiger partial charge in [0, 0.05) is 12.5 Å². The second-order valence-electron chi connectivity index (χ2n) is 7.98. The SMILES string of the molecule is C[C@@H](O)[C@](C)(O)C(=O)OC[C@H]1CCN2CC[C@@H](OC(=O)Cc3ccccc3)C12. The monoisotopic (exact) mass is 391 g/mol. The van der Waals surface area contributed by atoms with Crippen molar-refractivity contribution in [2.45, 2.75) is 57.0 Å². The highest BCUT2D eigenvalue weighted by molar-refractivity contribution is 5.79. The molecule has 0 radical (unpaired) electrons. The molecule has 0 bridgehead atoms. The van der Waals surface area contributed by atoms with Crippen LogP contribution in [0.4, 0.5) is 0 Å². The first-order chi connectivity index (χ1) is 13.3. The first kappa shape index (κ1) is 20.8. The summed E-state index contributed by atoms with van der Waals surface area (Å²) >= 11 is 0. The van der Waals surface area contributed by atoms with Gasteiger partial charge in [-0.2, -0.15) is 0 Å². The van der Waals surface area contributed by atoms with Crippen LogP contribution in [0, 0.1) is 5.92 Å². The van der Waals surface area contributed by atoms with Gasteiger partial charge in [-0.1, -0.05) is 30.3 Å². The first-order valence-electron chi connectivity index (χ1n) is 9.84. The topological polar surface area (TPSA) is 96.3 Å². The van der Waals surface area contributed by atoms with E-state index in [4.69, 9.17) is 9.47 Å². The zero-order chi connectivity index (χ0) is 20.3. The van der Waals surface area contributed by atoms with Gasteiger partial charge in [0.1, 0.15) is 6.10 Å². The number of rotatable bonds is 7. The fourth-order valence-corrected chi connectivity index (χ4v) is 4.00. The summed E-state index contributed by atoms with van der Waals surface area (Å²) < 4.78 is 11.1. The Kier molecular flexibility index (Phi) is 6.37. The van der Waals surface area contributed by atoms with Crippen molar-refractivity contribution in [2.75, 3.05) is 19.7 Å². The van der Waals surface area contributed by atoms with E-state index < -0.39 is 17.7 Å². The quantitative estimate of drug-likeness (QED) is 0.667. The maximum Gasteiger partial charge on any atom is 0.340 e. The maximum absolute atomic E-state index is 12.3. The Bertz CT molecular complexity index is 689. The molecule has 154 valence electrons. The first-order valence-corrected chi connectivity index (χ1v) is 9.84. The molecule has 2 aliphatic rings. The molecule has 28 heavy (non-hydrogen) atoms. The van der Waals surface area contributed by atoms with Gasteiger partial charge in [-0.3, -0.25) is 9.69 Å². The number of aliphatic hydroxyl groups excluding tert-OH is 1. The molecule has 2 N–H and O–H groups in total. The summed E-state index contributed by atoms with van der Waals surface area (Å²) in [6.07, 6.45) is 0.390. The van der Waals surface area contributed by atoms with Gasteiger partial charge in [0.25, 0.3) is 0 Å². The second kappa shape index (κ2) is 8.59. The van der Waals surface area contributed by atoms with Crippen LogP contribution in [0.3, 0.4) is 0 Å². The molecular weight excluding hydrogens is 362 g/mol. The van der Waals surface area contributed by atoms with E-state index in [0.717, 1.165) is 31.5 Å². The molecule has 0 aromatic heterocycles. The van der Waals surface area contributed by atoms with Gasteiger partial charge < -0.3 is 19.7 Å². The molecule has 2 aliphatic heterocycles. The van der Waals surface area contributed by atoms with Gasteiger partial charge >= 0.3 is 11.9 Å². The molecule has 1 aromatic rings. The van der Waals surface area contributed by atoms with Crippen LogP contribution in [0.25, 0.3) is 0 Å². The van der Waals surface area contributed by atoms with E-state index in [-0.39, 0.29) is 37.1 Å². The number of ether oxygens (including phenoxy) is 2. The Morgan fingerprint density at radius 3 is 2.61 bits per heavy atom. The van der Waals surface area contributed by atoms with Crippen molar-refractivity contribution in [3.8, 4) is 0 Å². The van der Waals surface area contributed by atoms with E-state index >= 15 is 0 Å². The molecule has 7 nitrogen and oxygen atoms in total. The van der Waals surface area contributed by atoms with Crippen molar-refractivity contribution in [3.63, 3.8) is 0 Å². The van der Waals surface area contributed by atoms with E-state index in [1.165, 1.54) is 13.8 Å². The number of carbonyl (C=O) groups is 2. The molecule has 0 amide bonds. The van der Waals surface area contributed by atoms with Crippen LogP contribution in [0.1, 0.15) is 32.3 Å². The highest BCUT2D eigenvalue weighted by atomic mass is 16.6. The summed E-state index contributed by atoms with van der Waals surface area (Å²) in [5.41, 5.74) is -1.02. The molecule has 7 heteroatoms. The summed E-state index contributed by atoms with van der Waals surface area (Å²) in [6.45, 7) is 4.44. The number of nitrogens with zero attached hydrogens (tertiary/aromatic N) is 1. The van der Waals surface area contributed by atoms with Gasteiger partial charge in [-0.25, -0.2) is 4.79 Å². The van der Waals surface area contributed by atoms with Gasteiger partial charge in [0.2, 0.25) is 0 Å². The molecule has 2 fully saturated rings. The van der Waals surface area contributed by atoms with Crippen molar-refractivity contribution < 1.29 is 29.3 Å². The van der Waals surface area contributed by atoms with Crippen molar-refractivity contribution in [1.29, 1.82) is 0 Å². The Balaban J connectivity index is 1.55. The predicted octanol–water partition coefficient (Wildman–Crippen LogP) is 0.910. The van der Waals surface area contributed by atoms with Crippen LogP contribution in [-0.2, 0) is 25.5 Å². The molecule has 0 saturated carbocycles. The standard InChI is InChI=1S/C21H29NO6/c1-14(23)21(2,26)20(25)27-13-16-8-10-22-11-9-17(19(16)22)28-18(24)12-15-6-4-3-5-7-15/h3-7,14,16-17,19,23,26H,8-13H2,1-2H3/t14-,16-,17-,19?,21+/m1/s1. The third kappa shape index (κ3) is 4.54. The smallest absolute Gasteiger partial charge is 0.340 e. The Labute approximate surface area is 165 Å². The zero-order valence-corrected chi connectivity index (χ0v) is 16.4. The normalized spacial score (nSPS) is 27.6. The number of carbonyl (C=O) groups excluding carboxylic acids is 2. The lowest BCUT2D eigenvalue weighted by Crippen LogP contribution is -2.47. The lowest BCUT2D eigenvalue weighted by Gasteiger charge is -2.28. The minimum atomic E-state index is -1.94. The van der Waals surface area contributed by atoms with Crippen LogP contribution < -0.4 is 0 Å². The van der Waals surface area contributed by atoms with Crippen LogP contribution in [-0.4, -0.2) is 70.6 Å². The van der Waals surface area contributed by atoms with Crippen molar-refractivity contribution in [2.24, 2.45) is 5.92 Å². The summed E-state index contributed by atoms with van der Waals surface area (Å²) in [5, 5.41) is 19.6. The van der Waals surface area contributed by atoms with E-state index in [1.807, 2.05) is 30.3 Å². The highest BCUT2D eigenvalue weighted by Crippen LogP contribution is 2.35. The molecular formula is C21H29NO6. The molecule has 0 spiro atoms. The molecule has 1 unspecified atom stereocenters. The van der Waals surface area contributed by atoms with E-state index in [2.05, 4.69) is 4.90 Å². The number of hydrogen-bond acceptors (Lipinski definition) is 7. The number of benzene rings is 1. The summed E-state index contributed by atoms with van der Waals surface area (Å²) in [5.74, 6) is -1.06. The average molecular weight is 391 g/mol. The van der Waals surface area contributed by atoms with Crippen LogP contribution in [0.5, 0.6) is 0 Å². The zero-order valence-electron chi connectivity index (χ0n) is 16.4. The van der Waals surface area contributed by atoms with Gasteiger partial charge in [0.05, 0.1) is 25.2 Å². The lowest BCUT2D eigenvalue weighted by molar-refractivity contribution is -0.176. The second-order valence-corrected chi connectivity index (χ2v) is 7.98. The predicted molar refractivity (Wildman–Crippen MR) is 101 cm³/mol. The van der Waals surface area contributed by atoms with Crippen molar-refractivity contribution in [1.82, 2.24) is 4.90 Å². The number of esters is 2.